The molecular weight excluding hydrogens is 354 g/mol. The third kappa shape index (κ3) is 4.00. The zero-order valence-corrected chi connectivity index (χ0v) is 15.2. The van der Waals surface area contributed by atoms with E-state index in [0.717, 1.165) is 0 Å². The number of benzene rings is 1. The summed E-state index contributed by atoms with van der Waals surface area (Å²) in [5, 5.41) is 0.257. The van der Waals surface area contributed by atoms with Crippen LogP contribution < -0.4 is 16.2 Å². The predicted molar refractivity (Wildman–Crippen MR) is 91.3 cm³/mol. The highest BCUT2D eigenvalue weighted by atomic mass is 35.5. The van der Waals surface area contributed by atoms with Gasteiger partial charge in [-0.2, -0.15) is 4.31 Å². The predicted octanol–water partition coefficient (Wildman–Crippen LogP) is 0.952. The molecule has 0 spiro atoms. The van der Waals surface area contributed by atoms with Gasteiger partial charge in [-0.15, -0.1) is 0 Å². The third-order valence-corrected chi connectivity index (χ3v) is 6.27. The van der Waals surface area contributed by atoms with Crippen LogP contribution in [-0.2, 0) is 14.8 Å². The normalized spacial score (nSPS) is 21.4. The van der Waals surface area contributed by atoms with Gasteiger partial charge in [-0.1, -0.05) is 25.4 Å². The molecule has 7 nitrogen and oxygen atoms in total. The number of nitrogens with two attached hydrogens (primary N) is 2. The van der Waals surface area contributed by atoms with Crippen molar-refractivity contribution in [2.45, 2.75) is 31.2 Å². The molecule has 4 N–H and O–H groups in total. The Morgan fingerprint density at radius 2 is 2.12 bits per heavy atom. The number of ether oxygens (including phenoxy) is 1. The molecule has 0 aromatic heterocycles. The molecule has 0 aliphatic carbocycles. The minimum Gasteiger partial charge on any atom is -0.482 e. The summed E-state index contributed by atoms with van der Waals surface area (Å²) in [5.74, 6) is -0.649. The smallest absolute Gasteiger partial charge is 0.255 e. The van der Waals surface area contributed by atoms with E-state index in [2.05, 4.69) is 0 Å². The van der Waals surface area contributed by atoms with Crippen LogP contribution in [0.4, 0.5) is 0 Å². The molecule has 1 aliphatic heterocycles. The van der Waals surface area contributed by atoms with Crippen molar-refractivity contribution in [1.29, 1.82) is 0 Å². The van der Waals surface area contributed by atoms with E-state index in [-0.39, 0.29) is 33.7 Å². The van der Waals surface area contributed by atoms with Gasteiger partial charge in [0, 0.05) is 24.2 Å². The van der Waals surface area contributed by atoms with Crippen LogP contribution in [-0.4, -0.2) is 44.4 Å². The Morgan fingerprint density at radius 1 is 1.46 bits per heavy atom. The molecule has 9 heteroatoms. The highest BCUT2D eigenvalue weighted by Gasteiger charge is 2.39. The molecule has 24 heavy (non-hydrogen) atoms. The summed E-state index contributed by atoms with van der Waals surface area (Å²) < 4.78 is 32.7. The largest absolute Gasteiger partial charge is 0.482 e. The highest BCUT2D eigenvalue weighted by Crippen LogP contribution is 2.35. The molecule has 1 unspecified atom stereocenters. The number of carbonyl (C=O) groups excluding carboxylic acids is 1. The van der Waals surface area contributed by atoms with Gasteiger partial charge < -0.3 is 16.2 Å². The Bertz CT molecular complexity index is 736. The monoisotopic (exact) mass is 375 g/mol. The Kier molecular flexibility index (Phi) is 5.44. The second kappa shape index (κ2) is 6.87. The molecule has 134 valence electrons. The maximum atomic E-state index is 13.0. The maximum absolute atomic E-state index is 13.0. The molecule has 1 aromatic carbocycles. The summed E-state index contributed by atoms with van der Waals surface area (Å²) in [6, 6.07) is 4.15. The fourth-order valence-electron chi connectivity index (χ4n) is 2.62. The van der Waals surface area contributed by atoms with Gasteiger partial charge in [0.15, 0.2) is 6.61 Å². The zero-order chi connectivity index (χ0) is 18.1. The van der Waals surface area contributed by atoms with E-state index in [4.69, 9.17) is 27.8 Å². The third-order valence-electron chi connectivity index (χ3n) is 4.17. The van der Waals surface area contributed by atoms with Crippen LogP contribution in [0.1, 0.15) is 20.3 Å². The van der Waals surface area contributed by atoms with Crippen LogP contribution in [0.5, 0.6) is 5.75 Å². The topological polar surface area (TPSA) is 116 Å². The molecule has 1 saturated heterocycles. The summed E-state index contributed by atoms with van der Waals surface area (Å²) >= 11 is 5.95. The van der Waals surface area contributed by atoms with Crippen molar-refractivity contribution in [1.82, 2.24) is 4.31 Å². The molecule has 1 heterocycles. The molecule has 2 rings (SSSR count). The number of halogens is 1. The van der Waals surface area contributed by atoms with Crippen molar-refractivity contribution < 1.29 is 17.9 Å². The second-order valence-corrected chi connectivity index (χ2v) is 8.91. The lowest BCUT2D eigenvalue weighted by molar-refractivity contribution is -0.120. The van der Waals surface area contributed by atoms with Gasteiger partial charge >= 0.3 is 0 Å². The van der Waals surface area contributed by atoms with Crippen molar-refractivity contribution in [2.24, 2.45) is 16.9 Å². The van der Waals surface area contributed by atoms with E-state index in [1.165, 1.54) is 22.5 Å². The van der Waals surface area contributed by atoms with E-state index < -0.39 is 22.5 Å². The highest BCUT2D eigenvalue weighted by molar-refractivity contribution is 7.89. The number of rotatable bonds is 5. The van der Waals surface area contributed by atoms with E-state index in [0.29, 0.717) is 13.0 Å². The Balaban J connectivity index is 2.38. The molecule has 1 fully saturated rings. The average Bonchev–Trinajstić information content (AvgIpc) is 2.48. The lowest BCUT2D eigenvalue weighted by Crippen LogP contribution is -2.53. The first kappa shape index (κ1) is 19.0. The molecule has 1 amide bonds. The summed E-state index contributed by atoms with van der Waals surface area (Å²) in [5.41, 5.74) is 10.8. The summed E-state index contributed by atoms with van der Waals surface area (Å²) in [6.07, 6.45) is 0.560. The maximum Gasteiger partial charge on any atom is 0.255 e. The molecular formula is C15H22ClN3O4S. The summed E-state index contributed by atoms with van der Waals surface area (Å²) in [6.45, 7) is 4.05. The van der Waals surface area contributed by atoms with E-state index >= 15 is 0 Å². The van der Waals surface area contributed by atoms with Crippen LogP contribution >= 0.6 is 11.6 Å². The number of sulfonamides is 1. The number of carbonyl (C=O) groups is 1. The van der Waals surface area contributed by atoms with Gasteiger partial charge in [0.25, 0.3) is 5.91 Å². The molecule has 1 aliphatic rings. The molecule has 0 saturated carbocycles. The van der Waals surface area contributed by atoms with Gasteiger partial charge in [-0.25, -0.2) is 8.42 Å². The van der Waals surface area contributed by atoms with Gasteiger partial charge in [0.05, 0.1) is 0 Å². The fourth-order valence-corrected chi connectivity index (χ4v) is 4.64. The minimum absolute atomic E-state index is 0.0471. The number of primary amides is 1. The number of hydrogen-bond acceptors (Lipinski definition) is 5. The Labute approximate surface area is 146 Å². The SMILES string of the molecule is CC1(C)CN(S(=O)(=O)c2cc(Cl)ccc2OCC(N)=O)CCC1N. The summed E-state index contributed by atoms with van der Waals surface area (Å²) in [7, 11) is -3.84. The van der Waals surface area contributed by atoms with Gasteiger partial charge in [0.1, 0.15) is 10.6 Å². The first-order valence-electron chi connectivity index (χ1n) is 7.50. The van der Waals surface area contributed by atoms with E-state index in [1.54, 1.807) is 0 Å². The minimum atomic E-state index is -3.84. The van der Waals surface area contributed by atoms with Crippen molar-refractivity contribution in [3.8, 4) is 5.75 Å². The number of piperidine rings is 1. The van der Waals surface area contributed by atoms with Crippen LogP contribution in [0, 0.1) is 5.41 Å². The standard InChI is InChI=1S/C15H22ClN3O4S/c1-15(2)9-19(6-5-13(15)17)24(21,22)12-7-10(16)3-4-11(12)23-8-14(18)20/h3-4,7,13H,5-6,8-9,17H2,1-2H3,(H2,18,20). The van der Waals surface area contributed by atoms with Crippen LogP contribution in [0.3, 0.4) is 0 Å². The lowest BCUT2D eigenvalue weighted by atomic mass is 9.81. The second-order valence-electron chi connectivity index (χ2n) is 6.57. The Hall–Kier alpha value is -1.35. The molecule has 0 bridgehead atoms. The van der Waals surface area contributed by atoms with Gasteiger partial charge in [-0.3, -0.25) is 4.79 Å². The molecule has 0 radical (unpaired) electrons. The quantitative estimate of drug-likeness (QED) is 0.794. The number of amides is 1. The molecule has 1 atom stereocenters. The zero-order valence-electron chi connectivity index (χ0n) is 13.7. The van der Waals surface area contributed by atoms with E-state index in [1.807, 2.05) is 13.8 Å². The van der Waals surface area contributed by atoms with Crippen molar-refractivity contribution in [2.75, 3.05) is 19.7 Å². The number of hydrogen-bond donors (Lipinski definition) is 2. The first-order chi connectivity index (χ1) is 11.0. The van der Waals surface area contributed by atoms with Crippen molar-refractivity contribution in [3.05, 3.63) is 23.2 Å². The molecule has 1 aromatic rings. The Morgan fingerprint density at radius 3 is 2.71 bits per heavy atom. The lowest BCUT2D eigenvalue weighted by Gasteiger charge is -2.41. The summed E-state index contributed by atoms with van der Waals surface area (Å²) in [4.78, 5) is 10.8. The van der Waals surface area contributed by atoms with E-state index in [9.17, 15) is 13.2 Å². The van der Waals surface area contributed by atoms with Crippen molar-refractivity contribution in [3.63, 3.8) is 0 Å². The fraction of sp³-hybridized carbons (Fsp3) is 0.533. The van der Waals surface area contributed by atoms with Crippen LogP contribution in [0.25, 0.3) is 0 Å². The van der Waals surface area contributed by atoms with Crippen LogP contribution in [0.15, 0.2) is 23.1 Å². The first-order valence-corrected chi connectivity index (χ1v) is 9.32. The van der Waals surface area contributed by atoms with Crippen molar-refractivity contribution >= 4 is 27.5 Å². The van der Waals surface area contributed by atoms with Crippen LogP contribution in [0.2, 0.25) is 5.02 Å². The van der Waals surface area contributed by atoms with Gasteiger partial charge in [-0.05, 0) is 30.0 Å². The number of nitrogens with zero attached hydrogens (tertiary/aromatic N) is 1. The van der Waals surface area contributed by atoms with Gasteiger partial charge in [0.2, 0.25) is 10.0 Å². The average molecular weight is 376 g/mol.